The number of nitrogen functional groups attached to an aromatic ring is 1. The average molecular weight is 292 g/mol. The quantitative estimate of drug-likeness (QED) is 0.620. The first kappa shape index (κ1) is 15.6. The van der Waals surface area contributed by atoms with Crippen LogP contribution in [0, 0.1) is 6.92 Å². The van der Waals surface area contributed by atoms with E-state index in [9.17, 15) is 4.79 Å². The fourth-order valence-corrected chi connectivity index (χ4v) is 2.69. The Morgan fingerprint density at radius 1 is 1.48 bits per heavy atom. The number of aryl methyl sites for hydroxylation is 1. The van der Waals surface area contributed by atoms with Gasteiger partial charge in [0.25, 0.3) is 0 Å². The number of aliphatic hydroxyl groups excluding tert-OH is 1. The molecule has 0 heterocycles. The van der Waals surface area contributed by atoms with Crippen LogP contribution < -0.4 is 10.6 Å². The molecule has 0 aromatic heterocycles. The monoisotopic (exact) mass is 292 g/mol. The fraction of sp³-hybridized carbons (Fsp3) is 0.562. The molecule has 1 aromatic carbocycles. The van der Waals surface area contributed by atoms with Gasteiger partial charge in [-0.2, -0.15) is 0 Å². The highest BCUT2D eigenvalue weighted by molar-refractivity contribution is 5.97. The minimum atomic E-state index is -0.409. The van der Waals surface area contributed by atoms with E-state index in [1.54, 1.807) is 0 Å². The Morgan fingerprint density at radius 2 is 2.19 bits per heavy atom. The second kappa shape index (κ2) is 6.80. The normalized spacial score (nSPS) is 14.6. The molecule has 1 aliphatic rings. The zero-order valence-corrected chi connectivity index (χ0v) is 12.8. The van der Waals surface area contributed by atoms with E-state index in [-0.39, 0.29) is 6.61 Å². The summed E-state index contributed by atoms with van der Waals surface area (Å²) in [6, 6.07) is 4.31. The predicted molar refractivity (Wildman–Crippen MR) is 83.6 cm³/mol. The number of carbonyl (C=O) groups excluding carboxylic acids is 1. The van der Waals surface area contributed by atoms with Gasteiger partial charge in [-0.25, -0.2) is 4.79 Å². The Balaban J connectivity index is 2.35. The van der Waals surface area contributed by atoms with Gasteiger partial charge in [-0.1, -0.05) is 0 Å². The highest BCUT2D eigenvalue weighted by atomic mass is 16.5. The van der Waals surface area contributed by atoms with Crippen LogP contribution in [0.25, 0.3) is 0 Å². The largest absolute Gasteiger partial charge is 0.465 e. The molecule has 0 amide bonds. The summed E-state index contributed by atoms with van der Waals surface area (Å²) < 4.78 is 4.81. The fourth-order valence-electron chi connectivity index (χ4n) is 2.69. The molecule has 21 heavy (non-hydrogen) atoms. The maximum Gasteiger partial charge on any atom is 0.340 e. The molecule has 0 bridgehead atoms. The summed E-state index contributed by atoms with van der Waals surface area (Å²) in [7, 11) is 1.36. The van der Waals surface area contributed by atoms with E-state index < -0.39 is 5.97 Å². The molecule has 5 heteroatoms. The van der Waals surface area contributed by atoms with Crippen molar-refractivity contribution in [3.05, 3.63) is 23.3 Å². The molecule has 0 spiro atoms. The highest BCUT2D eigenvalue weighted by Crippen LogP contribution is 2.33. The first-order chi connectivity index (χ1) is 10.1. The van der Waals surface area contributed by atoms with Crippen molar-refractivity contribution >= 4 is 17.3 Å². The summed E-state index contributed by atoms with van der Waals surface area (Å²) in [5.74, 6) is -0.409. The van der Waals surface area contributed by atoms with Gasteiger partial charge in [0.2, 0.25) is 0 Å². The van der Waals surface area contributed by atoms with Crippen molar-refractivity contribution in [3.8, 4) is 0 Å². The van der Waals surface area contributed by atoms with E-state index in [0.717, 1.165) is 30.6 Å². The smallest absolute Gasteiger partial charge is 0.340 e. The number of rotatable bonds is 6. The van der Waals surface area contributed by atoms with Crippen LogP contribution >= 0.6 is 0 Å². The topological polar surface area (TPSA) is 75.8 Å². The van der Waals surface area contributed by atoms with Crippen LogP contribution in [0.5, 0.6) is 0 Å². The van der Waals surface area contributed by atoms with Crippen molar-refractivity contribution in [2.24, 2.45) is 0 Å². The number of hydrogen-bond acceptors (Lipinski definition) is 5. The summed E-state index contributed by atoms with van der Waals surface area (Å²) in [5.41, 5.74) is 8.74. The van der Waals surface area contributed by atoms with Crippen molar-refractivity contribution in [3.63, 3.8) is 0 Å². The number of esters is 1. The molecular formula is C16H24N2O3. The molecular weight excluding hydrogens is 268 g/mol. The van der Waals surface area contributed by atoms with E-state index in [4.69, 9.17) is 15.6 Å². The van der Waals surface area contributed by atoms with Gasteiger partial charge in [0.05, 0.1) is 12.7 Å². The molecule has 0 radical (unpaired) electrons. The molecule has 1 aromatic rings. The molecule has 1 aliphatic carbocycles. The van der Waals surface area contributed by atoms with Crippen LogP contribution in [0.1, 0.15) is 41.6 Å². The summed E-state index contributed by atoms with van der Waals surface area (Å²) >= 11 is 0. The molecule has 0 unspecified atom stereocenters. The third-order valence-electron chi connectivity index (χ3n) is 4.18. The predicted octanol–water partition coefficient (Wildman–Crippen LogP) is 2.11. The van der Waals surface area contributed by atoms with Gasteiger partial charge < -0.3 is 20.5 Å². The summed E-state index contributed by atoms with van der Waals surface area (Å²) in [6.07, 6.45) is 4.26. The lowest BCUT2D eigenvalue weighted by molar-refractivity contribution is 0.0602. The van der Waals surface area contributed by atoms with Crippen LogP contribution in [0.4, 0.5) is 11.4 Å². The number of benzene rings is 1. The Kier molecular flexibility index (Phi) is 5.07. The van der Waals surface area contributed by atoms with E-state index in [1.807, 2.05) is 19.1 Å². The van der Waals surface area contributed by atoms with Gasteiger partial charge in [-0.15, -0.1) is 0 Å². The molecule has 0 aliphatic heterocycles. The number of methoxy groups -OCH3 is 1. The van der Waals surface area contributed by atoms with Crippen molar-refractivity contribution in [1.82, 2.24) is 0 Å². The van der Waals surface area contributed by atoms with Crippen LogP contribution in [0.15, 0.2) is 12.1 Å². The molecule has 0 saturated heterocycles. The van der Waals surface area contributed by atoms with Crippen LogP contribution in [0.3, 0.4) is 0 Å². The van der Waals surface area contributed by atoms with Crippen molar-refractivity contribution < 1.29 is 14.6 Å². The van der Waals surface area contributed by atoms with Crippen molar-refractivity contribution in [2.75, 3.05) is 30.9 Å². The van der Waals surface area contributed by atoms with Gasteiger partial charge in [0, 0.05) is 30.6 Å². The summed E-state index contributed by atoms with van der Waals surface area (Å²) in [5, 5.41) is 9.09. The average Bonchev–Trinajstić information content (AvgIpc) is 2.43. The maximum atomic E-state index is 11.9. The number of ether oxygens (including phenoxy) is 1. The number of aliphatic hydroxyl groups is 1. The Labute approximate surface area is 125 Å². The third kappa shape index (κ3) is 3.29. The lowest BCUT2D eigenvalue weighted by atomic mass is 9.90. The Hall–Kier alpha value is -1.75. The number of anilines is 2. The molecule has 2 rings (SSSR count). The second-order valence-electron chi connectivity index (χ2n) is 5.57. The van der Waals surface area contributed by atoms with Crippen LogP contribution in [-0.4, -0.2) is 37.4 Å². The summed E-state index contributed by atoms with van der Waals surface area (Å²) in [4.78, 5) is 14.1. The minimum Gasteiger partial charge on any atom is -0.465 e. The van der Waals surface area contributed by atoms with Gasteiger partial charge in [-0.05, 0) is 50.3 Å². The summed E-state index contributed by atoms with van der Waals surface area (Å²) in [6.45, 7) is 2.85. The highest BCUT2D eigenvalue weighted by Gasteiger charge is 2.26. The van der Waals surface area contributed by atoms with Crippen molar-refractivity contribution in [1.29, 1.82) is 0 Å². The van der Waals surface area contributed by atoms with E-state index in [2.05, 4.69) is 4.90 Å². The Bertz CT molecular complexity index is 512. The zero-order chi connectivity index (χ0) is 15.4. The molecule has 1 saturated carbocycles. The lowest BCUT2D eigenvalue weighted by Crippen LogP contribution is -2.41. The zero-order valence-electron chi connectivity index (χ0n) is 12.8. The molecule has 3 N–H and O–H groups in total. The first-order valence-corrected chi connectivity index (χ1v) is 7.44. The Morgan fingerprint density at radius 3 is 2.71 bits per heavy atom. The molecule has 1 fully saturated rings. The van der Waals surface area contributed by atoms with Crippen LogP contribution in [0.2, 0.25) is 0 Å². The van der Waals surface area contributed by atoms with Crippen LogP contribution in [-0.2, 0) is 4.74 Å². The van der Waals surface area contributed by atoms with Gasteiger partial charge in [-0.3, -0.25) is 0 Å². The lowest BCUT2D eigenvalue weighted by Gasteiger charge is -2.39. The number of nitrogens with two attached hydrogens (primary N) is 1. The molecule has 116 valence electrons. The van der Waals surface area contributed by atoms with E-state index in [1.165, 1.54) is 13.5 Å². The number of nitrogens with zero attached hydrogens (tertiary/aromatic N) is 1. The van der Waals surface area contributed by atoms with E-state index in [0.29, 0.717) is 23.7 Å². The molecule has 0 atom stereocenters. The van der Waals surface area contributed by atoms with Gasteiger partial charge >= 0.3 is 5.97 Å². The molecule has 5 nitrogen and oxygen atoms in total. The first-order valence-electron chi connectivity index (χ1n) is 7.44. The standard InChI is InChI=1S/C16H24N2O3/c1-11-9-13(10-14(15(11)17)16(20)21-2)18(7-4-8-19)12-5-3-6-12/h9-10,12,19H,3-8,17H2,1-2H3. The second-order valence-corrected chi connectivity index (χ2v) is 5.57. The van der Waals surface area contributed by atoms with Gasteiger partial charge in [0.1, 0.15) is 0 Å². The number of hydrogen-bond donors (Lipinski definition) is 2. The maximum absolute atomic E-state index is 11.9. The van der Waals surface area contributed by atoms with Gasteiger partial charge in [0.15, 0.2) is 0 Å². The van der Waals surface area contributed by atoms with E-state index >= 15 is 0 Å². The minimum absolute atomic E-state index is 0.168. The SMILES string of the molecule is COC(=O)c1cc(N(CCCO)C2CCC2)cc(C)c1N. The number of carbonyl (C=O) groups is 1. The van der Waals surface area contributed by atoms with Crippen molar-refractivity contribution in [2.45, 2.75) is 38.6 Å². The third-order valence-corrected chi connectivity index (χ3v) is 4.18.